The van der Waals surface area contributed by atoms with Gasteiger partial charge in [-0.1, -0.05) is 0 Å². The zero-order valence-corrected chi connectivity index (χ0v) is 5.55. The molecule has 0 unspecified atom stereocenters. The molecule has 3 heteroatoms. The Morgan fingerprint density at radius 2 is 2.43 bits per heavy atom. The van der Waals surface area contributed by atoms with Crippen molar-refractivity contribution < 1.29 is 4.74 Å². The molecule has 1 N–H and O–H groups in total. The first-order valence-electron chi connectivity index (χ1n) is 2.13. The maximum atomic E-state index is 4.77. The van der Waals surface area contributed by atoms with Crippen molar-refractivity contribution >= 4 is 11.8 Å². The van der Waals surface area contributed by atoms with E-state index in [1.165, 1.54) is 0 Å². The first-order valence-corrected chi connectivity index (χ1v) is 3.28. The van der Waals surface area contributed by atoms with Crippen LogP contribution < -0.4 is 5.32 Å². The van der Waals surface area contributed by atoms with Gasteiger partial charge in [-0.3, -0.25) is 0 Å². The lowest BCUT2D eigenvalue weighted by molar-refractivity contribution is 0.258. The minimum absolute atomic E-state index is 0.779. The molecule has 0 amide bonds. The van der Waals surface area contributed by atoms with Gasteiger partial charge in [-0.25, -0.2) is 0 Å². The summed E-state index contributed by atoms with van der Waals surface area (Å²) in [7, 11) is 3.62. The molecular weight excluding hydrogens is 110 g/mol. The van der Waals surface area contributed by atoms with Gasteiger partial charge < -0.3 is 10.1 Å². The van der Waals surface area contributed by atoms with E-state index in [0.717, 1.165) is 11.8 Å². The van der Waals surface area contributed by atoms with Gasteiger partial charge in [0.1, 0.15) is 0 Å². The zero-order chi connectivity index (χ0) is 5.54. The van der Waals surface area contributed by atoms with E-state index in [1.807, 2.05) is 7.05 Å². The fourth-order valence-electron chi connectivity index (χ4n) is 0.227. The smallest absolute Gasteiger partial charge is 0.0929 e. The largest absolute Gasteiger partial charge is 0.374 e. The molecule has 0 saturated carbocycles. The van der Waals surface area contributed by atoms with Gasteiger partial charge in [0.2, 0.25) is 0 Å². The van der Waals surface area contributed by atoms with Gasteiger partial charge in [0.05, 0.1) is 5.94 Å². The molecule has 0 aliphatic heterocycles. The van der Waals surface area contributed by atoms with Crippen LogP contribution in [0.2, 0.25) is 0 Å². The highest BCUT2D eigenvalue weighted by atomic mass is 32.2. The van der Waals surface area contributed by atoms with Crippen LogP contribution >= 0.6 is 11.8 Å². The highest BCUT2D eigenvalue weighted by Crippen LogP contribution is 1.93. The standard InChI is InChI=1S/C4H11NOS/c1-5-3-7-4-6-2/h5H,3-4H2,1-2H3. The fraction of sp³-hybridized carbons (Fsp3) is 1.00. The predicted octanol–water partition coefficient (Wildman–Crippen LogP) is 0.500. The van der Waals surface area contributed by atoms with Crippen LogP contribution in [-0.4, -0.2) is 26.0 Å². The van der Waals surface area contributed by atoms with E-state index in [0.29, 0.717) is 0 Å². The van der Waals surface area contributed by atoms with Gasteiger partial charge in [0.15, 0.2) is 0 Å². The van der Waals surface area contributed by atoms with Crippen LogP contribution in [0.15, 0.2) is 0 Å². The van der Waals surface area contributed by atoms with E-state index in [2.05, 4.69) is 5.32 Å². The van der Waals surface area contributed by atoms with Gasteiger partial charge in [-0.2, -0.15) is 0 Å². The Balaban J connectivity index is 2.45. The van der Waals surface area contributed by atoms with Gasteiger partial charge >= 0.3 is 0 Å². The molecule has 0 aromatic carbocycles. The highest BCUT2D eigenvalue weighted by Gasteiger charge is 1.78. The summed E-state index contributed by atoms with van der Waals surface area (Å²) >= 11 is 1.72. The van der Waals surface area contributed by atoms with Gasteiger partial charge in [0.25, 0.3) is 0 Å². The van der Waals surface area contributed by atoms with E-state index in [-0.39, 0.29) is 0 Å². The van der Waals surface area contributed by atoms with Crippen molar-refractivity contribution in [1.82, 2.24) is 5.32 Å². The molecule has 0 heterocycles. The number of thioether (sulfide) groups is 1. The number of rotatable bonds is 4. The number of ether oxygens (including phenoxy) is 1. The van der Waals surface area contributed by atoms with Crippen molar-refractivity contribution in [2.75, 3.05) is 26.0 Å². The summed E-state index contributed by atoms with van der Waals surface area (Å²) in [6.07, 6.45) is 0. The Morgan fingerprint density at radius 3 is 2.86 bits per heavy atom. The molecule has 7 heavy (non-hydrogen) atoms. The number of nitrogens with one attached hydrogen (secondary N) is 1. The van der Waals surface area contributed by atoms with Crippen molar-refractivity contribution in [1.29, 1.82) is 0 Å². The van der Waals surface area contributed by atoms with Gasteiger partial charge in [-0.05, 0) is 7.05 Å². The topological polar surface area (TPSA) is 21.3 Å². The molecule has 0 bridgehead atoms. The van der Waals surface area contributed by atoms with Crippen LogP contribution in [0.5, 0.6) is 0 Å². The monoisotopic (exact) mass is 121 g/mol. The Hall–Kier alpha value is 0.270. The normalized spacial score (nSPS) is 9.43. The third kappa shape index (κ3) is 6.27. The van der Waals surface area contributed by atoms with E-state index in [4.69, 9.17) is 4.74 Å². The Bertz CT molecular complexity index is 30.9. The molecule has 0 fully saturated rings. The number of hydrogen-bond donors (Lipinski definition) is 1. The van der Waals surface area contributed by atoms with Crippen molar-refractivity contribution in [3.8, 4) is 0 Å². The maximum Gasteiger partial charge on any atom is 0.0929 e. The molecule has 0 aliphatic carbocycles. The molecule has 0 aromatic heterocycles. The molecule has 0 rings (SSSR count). The van der Waals surface area contributed by atoms with Gasteiger partial charge in [-0.15, -0.1) is 11.8 Å². The van der Waals surface area contributed by atoms with E-state index >= 15 is 0 Å². The summed E-state index contributed by atoms with van der Waals surface area (Å²) in [6, 6.07) is 0. The first kappa shape index (κ1) is 7.27. The van der Waals surface area contributed by atoms with Crippen LogP contribution in [0.3, 0.4) is 0 Å². The summed E-state index contributed by atoms with van der Waals surface area (Å²) < 4.78 is 4.77. The molecule has 0 saturated heterocycles. The van der Waals surface area contributed by atoms with Crippen molar-refractivity contribution in [3.63, 3.8) is 0 Å². The minimum Gasteiger partial charge on any atom is -0.374 e. The number of methoxy groups -OCH3 is 1. The van der Waals surface area contributed by atoms with E-state index in [1.54, 1.807) is 18.9 Å². The summed E-state index contributed by atoms with van der Waals surface area (Å²) in [5.74, 6) is 1.74. The lowest BCUT2D eigenvalue weighted by Gasteiger charge is -1.94. The summed E-state index contributed by atoms with van der Waals surface area (Å²) in [5.41, 5.74) is 0. The van der Waals surface area contributed by atoms with E-state index < -0.39 is 0 Å². The first-order chi connectivity index (χ1) is 3.41. The lowest BCUT2D eigenvalue weighted by atomic mass is 11.3. The molecule has 0 atom stereocenters. The number of hydrogen-bond acceptors (Lipinski definition) is 3. The Morgan fingerprint density at radius 1 is 1.71 bits per heavy atom. The van der Waals surface area contributed by atoms with Crippen LogP contribution in [0.25, 0.3) is 0 Å². The highest BCUT2D eigenvalue weighted by molar-refractivity contribution is 7.99. The SMILES string of the molecule is CNCSCOC. The van der Waals surface area contributed by atoms with Crippen LogP contribution in [0.4, 0.5) is 0 Å². The van der Waals surface area contributed by atoms with Crippen LogP contribution in [0.1, 0.15) is 0 Å². The second-order valence-corrected chi connectivity index (χ2v) is 2.04. The van der Waals surface area contributed by atoms with E-state index in [9.17, 15) is 0 Å². The Labute approximate surface area is 48.6 Å². The maximum absolute atomic E-state index is 4.77. The minimum atomic E-state index is 0.779. The van der Waals surface area contributed by atoms with Crippen molar-refractivity contribution in [2.45, 2.75) is 0 Å². The molecule has 44 valence electrons. The second-order valence-electron chi connectivity index (χ2n) is 1.11. The molecule has 0 aliphatic rings. The molecule has 2 nitrogen and oxygen atoms in total. The predicted molar refractivity (Wildman–Crippen MR) is 33.4 cm³/mol. The summed E-state index contributed by atoms with van der Waals surface area (Å²) in [4.78, 5) is 0. The van der Waals surface area contributed by atoms with Crippen LogP contribution in [0, 0.1) is 0 Å². The third-order valence-corrected chi connectivity index (χ3v) is 1.34. The third-order valence-electron chi connectivity index (χ3n) is 0.448. The van der Waals surface area contributed by atoms with Crippen molar-refractivity contribution in [2.24, 2.45) is 0 Å². The lowest BCUT2D eigenvalue weighted by Crippen LogP contribution is -2.04. The molecule has 0 spiro atoms. The summed E-state index contributed by atoms with van der Waals surface area (Å²) in [6.45, 7) is 0. The molecule has 0 aromatic rings. The average Bonchev–Trinajstić information content (AvgIpc) is 1.69. The van der Waals surface area contributed by atoms with Gasteiger partial charge in [0, 0.05) is 13.0 Å². The Kier molecular flexibility index (Phi) is 6.51. The second kappa shape index (κ2) is 6.27. The quantitative estimate of drug-likeness (QED) is 0.432. The summed E-state index contributed by atoms with van der Waals surface area (Å²) in [5, 5.41) is 2.99. The zero-order valence-electron chi connectivity index (χ0n) is 4.73. The van der Waals surface area contributed by atoms with Crippen LogP contribution in [-0.2, 0) is 4.74 Å². The van der Waals surface area contributed by atoms with Crippen molar-refractivity contribution in [3.05, 3.63) is 0 Å². The average molecular weight is 121 g/mol. The molecular formula is C4H11NOS. The molecule has 0 radical (unpaired) electrons. The fourth-order valence-corrected chi connectivity index (χ4v) is 0.681.